The Kier molecular flexibility index (Phi) is 4.75. The van der Waals surface area contributed by atoms with E-state index in [9.17, 15) is 14.4 Å². The lowest BCUT2D eigenvalue weighted by Crippen LogP contribution is -2.22. The number of para-hydroxylation sites is 2. The molecule has 2 aromatic carbocycles. The highest BCUT2D eigenvalue weighted by Crippen LogP contribution is 2.33. The van der Waals surface area contributed by atoms with E-state index in [0.717, 1.165) is 38.8 Å². The SMILES string of the molecule is CN1C(=O)S/C(=C\c2cn(CC(=O)Nc3ccccc3)c3ccccc23)C1=O. The van der Waals surface area contributed by atoms with Crippen molar-refractivity contribution in [2.45, 2.75) is 6.54 Å². The summed E-state index contributed by atoms with van der Waals surface area (Å²) in [5, 5.41) is 3.50. The van der Waals surface area contributed by atoms with Crippen LogP contribution in [0.2, 0.25) is 0 Å². The van der Waals surface area contributed by atoms with Crippen molar-refractivity contribution in [3.8, 4) is 0 Å². The molecule has 0 unspecified atom stereocenters. The highest BCUT2D eigenvalue weighted by molar-refractivity contribution is 8.18. The Bertz CT molecular complexity index is 1120. The number of rotatable bonds is 4. The first-order valence-electron chi connectivity index (χ1n) is 8.67. The van der Waals surface area contributed by atoms with E-state index in [4.69, 9.17) is 0 Å². The molecule has 140 valence electrons. The number of nitrogens with zero attached hydrogens (tertiary/aromatic N) is 2. The largest absolute Gasteiger partial charge is 0.337 e. The Balaban J connectivity index is 1.65. The normalized spacial score (nSPS) is 15.6. The van der Waals surface area contributed by atoms with Gasteiger partial charge in [0.05, 0.1) is 4.91 Å². The van der Waals surface area contributed by atoms with E-state index in [-0.39, 0.29) is 23.6 Å². The molecule has 1 saturated heterocycles. The third-order valence-corrected chi connectivity index (χ3v) is 5.42. The number of anilines is 1. The number of hydrogen-bond donors (Lipinski definition) is 1. The van der Waals surface area contributed by atoms with Crippen molar-refractivity contribution >= 4 is 51.5 Å². The van der Waals surface area contributed by atoms with Crippen LogP contribution in [0.4, 0.5) is 10.5 Å². The van der Waals surface area contributed by atoms with Gasteiger partial charge in [-0.15, -0.1) is 0 Å². The van der Waals surface area contributed by atoms with Crippen LogP contribution in [-0.4, -0.2) is 33.6 Å². The number of aromatic nitrogens is 1. The van der Waals surface area contributed by atoms with Crippen molar-refractivity contribution in [2.75, 3.05) is 12.4 Å². The third kappa shape index (κ3) is 3.44. The smallest absolute Gasteiger partial charge is 0.293 e. The van der Waals surface area contributed by atoms with E-state index in [1.54, 1.807) is 6.08 Å². The van der Waals surface area contributed by atoms with E-state index in [0.29, 0.717) is 4.91 Å². The molecule has 0 radical (unpaired) electrons. The van der Waals surface area contributed by atoms with Crippen LogP contribution in [-0.2, 0) is 16.1 Å². The highest BCUT2D eigenvalue weighted by atomic mass is 32.2. The van der Waals surface area contributed by atoms with Crippen LogP contribution in [0.1, 0.15) is 5.56 Å². The number of amides is 3. The first kappa shape index (κ1) is 18.1. The number of benzene rings is 2. The fourth-order valence-electron chi connectivity index (χ4n) is 3.08. The molecular weight excluding hydrogens is 374 g/mol. The molecule has 0 bridgehead atoms. The second kappa shape index (κ2) is 7.36. The Hall–Kier alpha value is -3.32. The molecule has 1 N–H and O–H groups in total. The van der Waals surface area contributed by atoms with E-state index in [2.05, 4.69) is 5.32 Å². The van der Waals surface area contributed by atoms with Crippen molar-refractivity contribution in [1.29, 1.82) is 0 Å². The quantitative estimate of drug-likeness (QED) is 0.684. The van der Waals surface area contributed by atoms with Gasteiger partial charge < -0.3 is 9.88 Å². The standard InChI is InChI=1S/C21H17N3O3S/c1-23-20(26)18(28-21(23)27)11-14-12-24(17-10-6-5-9-16(14)17)13-19(25)22-15-7-3-2-4-8-15/h2-12H,13H2,1H3,(H,22,25)/b18-11-. The second-order valence-corrected chi connectivity index (χ2v) is 7.38. The topological polar surface area (TPSA) is 71.4 Å². The van der Waals surface area contributed by atoms with E-state index in [1.807, 2.05) is 65.4 Å². The minimum absolute atomic E-state index is 0.137. The number of carbonyl (C=O) groups is 3. The van der Waals surface area contributed by atoms with Crippen molar-refractivity contribution in [3.05, 3.63) is 71.3 Å². The molecule has 6 nitrogen and oxygen atoms in total. The van der Waals surface area contributed by atoms with Gasteiger partial charge in [0, 0.05) is 35.4 Å². The molecule has 1 fully saturated rings. The van der Waals surface area contributed by atoms with Gasteiger partial charge >= 0.3 is 0 Å². The van der Waals surface area contributed by atoms with E-state index >= 15 is 0 Å². The number of carbonyl (C=O) groups excluding carboxylic acids is 3. The van der Waals surface area contributed by atoms with Gasteiger partial charge in [0.15, 0.2) is 0 Å². The van der Waals surface area contributed by atoms with Crippen LogP contribution < -0.4 is 5.32 Å². The molecule has 3 aromatic rings. The number of thioether (sulfide) groups is 1. The van der Waals surface area contributed by atoms with Crippen LogP contribution in [0.25, 0.3) is 17.0 Å². The van der Waals surface area contributed by atoms with Crippen LogP contribution in [0.3, 0.4) is 0 Å². The van der Waals surface area contributed by atoms with Crippen LogP contribution >= 0.6 is 11.8 Å². The monoisotopic (exact) mass is 391 g/mol. The molecule has 0 aliphatic carbocycles. The fraction of sp³-hybridized carbons (Fsp3) is 0.0952. The zero-order valence-corrected chi connectivity index (χ0v) is 15.9. The summed E-state index contributed by atoms with van der Waals surface area (Å²) in [6.45, 7) is 0.137. The summed E-state index contributed by atoms with van der Waals surface area (Å²) < 4.78 is 1.84. The van der Waals surface area contributed by atoms with E-state index in [1.165, 1.54) is 7.05 Å². The van der Waals surface area contributed by atoms with Gasteiger partial charge in [-0.05, 0) is 36.0 Å². The number of fused-ring (bicyclic) bond motifs is 1. The Morgan fingerprint density at radius 3 is 2.50 bits per heavy atom. The maximum atomic E-state index is 12.5. The predicted octanol–water partition coefficient (Wildman–Crippen LogP) is 3.95. The molecular formula is C21H17N3O3S. The minimum atomic E-state index is -0.311. The Morgan fingerprint density at radius 2 is 1.79 bits per heavy atom. The molecule has 7 heteroatoms. The summed E-state index contributed by atoms with van der Waals surface area (Å²) in [4.78, 5) is 37.9. The summed E-state index contributed by atoms with van der Waals surface area (Å²) in [7, 11) is 1.47. The van der Waals surface area contributed by atoms with Crippen LogP contribution in [0.5, 0.6) is 0 Å². The van der Waals surface area contributed by atoms with E-state index < -0.39 is 0 Å². The van der Waals surface area contributed by atoms with Gasteiger partial charge in [-0.25, -0.2) is 0 Å². The maximum absolute atomic E-state index is 12.5. The summed E-state index contributed by atoms with van der Waals surface area (Å²) in [5.74, 6) is -0.457. The van der Waals surface area contributed by atoms with Gasteiger partial charge in [0.2, 0.25) is 5.91 Å². The molecule has 0 saturated carbocycles. The Morgan fingerprint density at radius 1 is 1.07 bits per heavy atom. The lowest BCUT2D eigenvalue weighted by Gasteiger charge is -2.07. The third-order valence-electron chi connectivity index (χ3n) is 4.46. The van der Waals surface area contributed by atoms with Gasteiger partial charge in [0.25, 0.3) is 11.1 Å². The van der Waals surface area contributed by atoms with Crippen molar-refractivity contribution in [2.24, 2.45) is 0 Å². The molecule has 1 aliphatic rings. The van der Waals surface area contributed by atoms with Crippen LogP contribution in [0.15, 0.2) is 65.7 Å². The van der Waals surface area contributed by atoms with Crippen molar-refractivity contribution < 1.29 is 14.4 Å². The molecule has 2 heterocycles. The zero-order valence-electron chi connectivity index (χ0n) is 15.1. The first-order valence-corrected chi connectivity index (χ1v) is 9.49. The molecule has 1 aliphatic heterocycles. The lowest BCUT2D eigenvalue weighted by atomic mass is 10.1. The molecule has 4 rings (SSSR count). The first-order chi connectivity index (χ1) is 13.5. The minimum Gasteiger partial charge on any atom is -0.337 e. The van der Waals surface area contributed by atoms with Crippen LogP contribution in [0, 0.1) is 0 Å². The summed E-state index contributed by atoms with van der Waals surface area (Å²) in [6.07, 6.45) is 3.54. The summed E-state index contributed by atoms with van der Waals surface area (Å²) in [6, 6.07) is 16.9. The summed E-state index contributed by atoms with van der Waals surface area (Å²) in [5.41, 5.74) is 2.41. The Labute approximate surface area is 165 Å². The fourth-order valence-corrected chi connectivity index (χ4v) is 3.90. The predicted molar refractivity (Wildman–Crippen MR) is 111 cm³/mol. The summed E-state index contributed by atoms with van der Waals surface area (Å²) >= 11 is 0.920. The number of likely N-dealkylation sites (N-methyl/N-ethyl adjacent to an activating group) is 1. The molecule has 0 spiro atoms. The van der Waals surface area contributed by atoms with Crippen molar-refractivity contribution in [1.82, 2.24) is 9.47 Å². The molecule has 0 atom stereocenters. The van der Waals surface area contributed by atoms with Gasteiger partial charge in [-0.3, -0.25) is 19.3 Å². The number of imide groups is 1. The number of nitrogens with one attached hydrogen (secondary N) is 1. The lowest BCUT2D eigenvalue weighted by molar-refractivity contribution is -0.121. The molecule has 28 heavy (non-hydrogen) atoms. The average molecular weight is 391 g/mol. The van der Waals surface area contributed by atoms with Crippen molar-refractivity contribution in [3.63, 3.8) is 0 Å². The molecule has 3 amide bonds. The van der Waals surface area contributed by atoms with Gasteiger partial charge in [-0.1, -0.05) is 36.4 Å². The van der Waals surface area contributed by atoms with Gasteiger partial charge in [-0.2, -0.15) is 0 Å². The number of hydrogen-bond acceptors (Lipinski definition) is 4. The maximum Gasteiger partial charge on any atom is 0.293 e. The molecule has 1 aromatic heterocycles. The zero-order chi connectivity index (χ0) is 19.7. The van der Waals surface area contributed by atoms with Gasteiger partial charge in [0.1, 0.15) is 6.54 Å². The second-order valence-electron chi connectivity index (χ2n) is 6.38. The average Bonchev–Trinajstić information content (AvgIpc) is 3.15. The highest BCUT2D eigenvalue weighted by Gasteiger charge is 2.32.